The van der Waals surface area contributed by atoms with Crippen molar-refractivity contribution in [3.05, 3.63) is 31.2 Å². The number of nitrogens with zero attached hydrogens (tertiary/aromatic N) is 2. The van der Waals surface area contributed by atoms with E-state index in [4.69, 9.17) is 0 Å². The van der Waals surface area contributed by atoms with Crippen molar-refractivity contribution in [2.45, 2.75) is 39.5 Å². The van der Waals surface area contributed by atoms with Crippen LogP contribution in [0.3, 0.4) is 0 Å². The van der Waals surface area contributed by atoms with Gasteiger partial charge in [0, 0.05) is 20.4 Å². The average Bonchev–Trinajstić information content (AvgIpc) is 2.94. The number of carbonyl (C=O) groups excluding carboxylic acids is 1. The van der Waals surface area contributed by atoms with Crippen molar-refractivity contribution in [2.24, 2.45) is 0 Å². The molecule has 0 amide bonds. The van der Waals surface area contributed by atoms with Gasteiger partial charge in [0.2, 0.25) is 0 Å². The van der Waals surface area contributed by atoms with Gasteiger partial charge in [-0.05, 0) is 27.7 Å². The number of ketones is 1. The van der Waals surface area contributed by atoms with E-state index in [-0.39, 0.29) is 17.6 Å². The summed E-state index contributed by atoms with van der Waals surface area (Å²) in [6.45, 7) is 7.92. The van der Waals surface area contributed by atoms with Crippen molar-refractivity contribution in [2.75, 3.05) is 10.7 Å². The average molecular weight is 466 g/mol. The molecule has 0 aliphatic rings. The Labute approximate surface area is 155 Å². The van der Waals surface area contributed by atoms with Gasteiger partial charge in [0.1, 0.15) is 0 Å². The molecular formula is C15H18Br2N2OS2. The van der Waals surface area contributed by atoms with Gasteiger partial charge >= 0.3 is 0 Å². The molecule has 0 fully saturated rings. The second kappa shape index (κ2) is 7.64. The maximum Gasteiger partial charge on any atom is 0.151 e. The summed E-state index contributed by atoms with van der Waals surface area (Å²) in [5.41, 5.74) is 1.93. The fourth-order valence-corrected chi connectivity index (χ4v) is 6.32. The van der Waals surface area contributed by atoms with Gasteiger partial charge < -0.3 is 0 Å². The number of carbonyl (C=O) groups is 1. The van der Waals surface area contributed by atoms with Gasteiger partial charge in [-0.25, -0.2) is 9.97 Å². The molecule has 2 rings (SSSR count). The van der Waals surface area contributed by atoms with E-state index in [0.29, 0.717) is 10.7 Å². The van der Waals surface area contributed by atoms with Crippen LogP contribution in [0, 0.1) is 27.7 Å². The molecule has 0 radical (unpaired) electrons. The molecule has 0 aliphatic carbocycles. The topological polar surface area (TPSA) is 42.9 Å². The second-order valence-electron chi connectivity index (χ2n) is 5.18. The van der Waals surface area contributed by atoms with Gasteiger partial charge in [-0.15, -0.1) is 22.7 Å². The fraction of sp³-hybridized carbons (Fsp3) is 0.533. The number of alkyl halides is 2. The zero-order valence-electron chi connectivity index (χ0n) is 12.9. The summed E-state index contributed by atoms with van der Waals surface area (Å²) < 4.78 is 0. The molecule has 0 spiro atoms. The van der Waals surface area contributed by atoms with Crippen LogP contribution in [0.25, 0.3) is 0 Å². The molecule has 0 saturated heterocycles. The molecule has 2 atom stereocenters. The molecule has 7 heteroatoms. The molecular weight excluding hydrogens is 448 g/mol. The minimum atomic E-state index is -0.157. The minimum Gasteiger partial charge on any atom is -0.298 e. The molecule has 120 valence electrons. The highest BCUT2D eigenvalue weighted by molar-refractivity contribution is 9.09. The predicted molar refractivity (Wildman–Crippen MR) is 101 cm³/mol. The van der Waals surface area contributed by atoms with E-state index in [2.05, 4.69) is 41.8 Å². The summed E-state index contributed by atoms with van der Waals surface area (Å²) in [5, 5.41) is 3.25. The van der Waals surface area contributed by atoms with Crippen molar-refractivity contribution >= 4 is 60.3 Å². The van der Waals surface area contributed by atoms with Crippen LogP contribution in [0.2, 0.25) is 0 Å². The quantitative estimate of drug-likeness (QED) is 0.560. The van der Waals surface area contributed by atoms with Crippen LogP contribution >= 0.6 is 54.5 Å². The lowest BCUT2D eigenvalue weighted by atomic mass is 9.92. The highest BCUT2D eigenvalue weighted by Crippen LogP contribution is 2.36. The van der Waals surface area contributed by atoms with Gasteiger partial charge in [0.05, 0.1) is 33.2 Å². The fourth-order valence-electron chi connectivity index (χ4n) is 2.53. The molecule has 0 aliphatic heterocycles. The highest BCUT2D eigenvalue weighted by Gasteiger charge is 2.32. The van der Waals surface area contributed by atoms with Crippen LogP contribution < -0.4 is 0 Å². The lowest BCUT2D eigenvalue weighted by molar-refractivity contribution is -0.120. The molecule has 0 aromatic carbocycles. The van der Waals surface area contributed by atoms with E-state index in [9.17, 15) is 4.79 Å². The first-order valence-corrected chi connectivity index (χ1v) is 10.8. The Kier molecular flexibility index (Phi) is 6.33. The summed E-state index contributed by atoms with van der Waals surface area (Å²) in [7, 11) is 0. The summed E-state index contributed by atoms with van der Waals surface area (Å²) in [6, 6.07) is 0. The Morgan fingerprint density at radius 3 is 1.50 bits per heavy atom. The monoisotopic (exact) mass is 464 g/mol. The Hall–Kier alpha value is -0.110. The van der Waals surface area contributed by atoms with Crippen molar-refractivity contribution in [1.82, 2.24) is 9.97 Å². The third kappa shape index (κ3) is 3.68. The first kappa shape index (κ1) is 18.2. The first-order chi connectivity index (χ1) is 10.4. The summed E-state index contributed by atoms with van der Waals surface area (Å²) >= 11 is 10.3. The molecule has 2 heterocycles. The smallest absolute Gasteiger partial charge is 0.151 e. The van der Waals surface area contributed by atoms with Gasteiger partial charge in [-0.2, -0.15) is 0 Å². The zero-order chi connectivity index (χ0) is 16.4. The zero-order valence-corrected chi connectivity index (χ0v) is 17.7. The Morgan fingerprint density at radius 1 is 0.909 bits per heavy atom. The standard InChI is InChI=1S/C15H18Br2N2OS2/c1-7-14(21-9(3)18-7)11(5-16)13(20)12(6-17)15-8(2)19-10(4)22-15/h11-12H,5-6H2,1-4H3. The maximum absolute atomic E-state index is 13.1. The third-order valence-electron chi connectivity index (χ3n) is 3.51. The van der Waals surface area contributed by atoms with Crippen LogP contribution in [0.5, 0.6) is 0 Å². The number of hydrogen-bond donors (Lipinski definition) is 0. The van der Waals surface area contributed by atoms with E-state index in [1.165, 1.54) is 0 Å². The molecule has 0 N–H and O–H groups in total. The van der Waals surface area contributed by atoms with Crippen LogP contribution in [0.15, 0.2) is 0 Å². The first-order valence-electron chi connectivity index (χ1n) is 6.92. The molecule has 2 aromatic heterocycles. The van der Waals surface area contributed by atoms with E-state index in [1.807, 2.05) is 27.7 Å². The van der Waals surface area contributed by atoms with Crippen molar-refractivity contribution in [3.63, 3.8) is 0 Å². The van der Waals surface area contributed by atoms with Crippen LogP contribution in [0.4, 0.5) is 0 Å². The number of aryl methyl sites for hydroxylation is 4. The van der Waals surface area contributed by atoms with E-state index < -0.39 is 0 Å². The molecule has 3 nitrogen and oxygen atoms in total. The van der Waals surface area contributed by atoms with Crippen molar-refractivity contribution in [1.29, 1.82) is 0 Å². The maximum atomic E-state index is 13.1. The summed E-state index contributed by atoms with van der Waals surface area (Å²) in [6.07, 6.45) is 0. The van der Waals surface area contributed by atoms with Crippen LogP contribution in [-0.4, -0.2) is 26.4 Å². The second-order valence-corrected chi connectivity index (χ2v) is 8.95. The normalized spacial score (nSPS) is 14.1. The molecule has 2 unspecified atom stereocenters. The lowest BCUT2D eigenvalue weighted by Gasteiger charge is -2.18. The lowest BCUT2D eigenvalue weighted by Crippen LogP contribution is -2.23. The minimum absolute atomic E-state index is 0.157. The van der Waals surface area contributed by atoms with E-state index >= 15 is 0 Å². The number of aromatic nitrogens is 2. The van der Waals surface area contributed by atoms with Gasteiger partial charge in [-0.3, -0.25) is 4.79 Å². The molecule has 22 heavy (non-hydrogen) atoms. The summed E-state index contributed by atoms with van der Waals surface area (Å²) in [4.78, 5) is 24.2. The Bertz CT molecular complexity index is 625. The van der Waals surface area contributed by atoms with Gasteiger partial charge in [-0.1, -0.05) is 31.9 Å². The molecule has 0 bridgehead atoms. The number of hydrogen-bond acceptors (Lipinski definition) is 5. The number of thiazole rings is 2. The van der Waals surface area contributed by atoms with E-state index in [0.717, 1.165) is 31.2 Å². The van der Waals surface area contributed by atoms with Gasteiger partial charge in [0.25, 0.3) is 0 Å². The third-order valence-corrected chi connectivity index (χ3v) is 7.18. The number of rotatable bonds is 6. The molecule has 2 aromatic rings. The highest BCUT2D eigenvalue weighted by atomic mass is 79.9. The Morgan fingerprint density at radius 2 is 1.27 bits per heavy atom. The van der Waals surface area contributed by atoms with Crippen molar-refractivity contribution in [3.8, 4) is 0 Å². The van der Waals surface area contributed by atoms with Crippen molar-refractivity contribution < 1.29 is 4.79 Å². The predicted octanol–water partition coefficient (Wildman–Crippen LogP) is 5.06. The van der Waals surface area contributed by atoms with Gasteiger partial charge in [0.15, 0.2) is 5.78 Å². The van der Waals surface area contributed by atoms with Crippen LogP contribution in [-0.2, 0) is 4.79 Å². The summed E-state index contributed by atoms with van der Waals surface area (Å²) in [5.74, 6) is -0.0848. The van der Waals surface area contributed by atoms with E-state index in [1.54, 1.807) is 22.7 Å². The largest absolute Gasteiger partial charge is 0.298 e. The molecule has 0 saturated carbocycles. The Balaban J connectivity index is 2.37. The SMILES string of the molecule is Cc1nc(C)c(C(CBr)C(=O)C(CBr)c2sc(C)nc2C)s1. The number of Topliss-reactive ketones (excluding diaryl/α,β-unsaturated/α-hetero) is 1. The van der Waals surface area contributed by atoms with Crippen LogP contribution in [0.1, 0.15) is 43.0 Å². The number of halogens is 2.